The summed E-state index contributed by atoms with van der Waals surface area (Å²) in [7, 11) is 3.44. The molecule has 0 aliphatic rings. The summed E-state index contributed by atoms with van der Waals surface area (Å²) in [6.45, 7) is 2.50. The summed E-state index contributed by atoms with van der Waals surface area (Å²) in [5.74, 6) is 0.293. The van der Waals surface area contributed by atoms with Gasteiger partial charge in [0.15, 0.2) is 0 Å². The van der Waals surface area contributed by atoms with Gasteiger partial charge in [0, 0.05) is 20.6 Å². The van der Waals surface area contributed by atoms with Crippen molar-refractivity contribution in [2.24, 2.45) is 0 Å². The maximum atomic E-state index is 11.6. The summed E-state index contributed by atoms with van der Waals surface area (Å²) in [4.78, 5) is 31.1. The summed E-state index contributed by atoms with van der Waals surface area (Å²) in [5, 5.41) is 0. The van der Waals surface area contributed by atoms with Gasteiger partial charge in [-0.15, -0.1) is 0 Å². The van der Waals surface area contributed by atoms with Crippen molar-refractivity contribution >= 4 is 5.95 Å². The van der Waals surface area contributed by atoms with Crippen LogP contribution in [0.3, 0.4) is 0 Å². The molecule has 0 atom stereocenters. The number of aromatic nitrogens is 3. The van der Waals surface area contributed by atoms with Crippen LogP contribution >= 0.6 is 0 Å². The second-order valence-electron chi connectivity index (χ2n) is 3.90. The van der Waals surface area contributed by atoms with E-state index in [-0.39, 0.29) is 5.69 Å². The average molecular weight is 226 g/mol. The van der Waals surface area contributed by atoms with Crippen LogP contribution in [0.4, 0.5) is 5.95 Å². The Morgan fingerprint density at radius 1 is 1.31 bits per heavy atom. The van der Waals surface area contributed by atoms with Gasteiger partial charge in [0.05, 0.1) is 0 Å². The molecule has 0 unspecified atom stereocenters. The van der Waals surface area contributed by atoms with Crippen molar-refractivity contribution in [3.05, 3.63) is 21.0 Å². The fourth-order valence-electron chi connectivity index (χ4n) is 1.36. The molecule has 0 saturated heterocycles. The van der Waals surface area contributed by atoms with Crippen molar-refractivity contribution in [2.45, 2.75) is 32.7 Å². The first kappa shape index (κ1) is 12.5. The number of H-pyrrole nitrogens is 1. The molecule has 0 spiro atoms. The van der Waals surface area contributed by atoms with Crippen molar-refractivity contribution in [3.8, 4) is 0 Å². The summed E-state index contributed by atoms with van der Waals surface area (Å²) >= 11 is 0. The van der Waals surface area contributed by atoms with Gasteiger partial charge < -0.3 is 4.90 Å². The lowest BCUT2D eigenvalue weighted by molar-refractivity contribution is 0.549. The standard InChI is InChI=1S/C10H18N4O2/c1-4-5-6-7-14-9(15)11-8(13(2)3)12-10(14)16/h4-7H2,1-3H3,(H,11,12,15,16). The lowest BCUT2D eigenvalue weighted by atomic mass is 10.2. The van der Waals surface area contributed by atoms with Crippen molar-refractivity contribution in [2.75, 3.05) is 19.0 Å². The van der Waals surface area contributed by atoms with Crippen LogP contribution in [0.15, 0.2) is 9.59 Å². The zero-order valence-corrected chi connectivity index (χ0v) is 9.99. The Morgan fingerprint density at radius 2 is 2.00 bits per heavy atom. The Hall–Kier alpha value is -1.59. The molecule has 1 aromatic rings. The fourth-order valence-corrected chi connectivity index (χ4v) is 1.36. The highest BCUT2D eigenvalue weighted by Gasteiger charge is 2.06. The highest BCUT2D eigenvalue weighted by Crippen LogP contribution is 1.96. The fraction of sp³-hybridized carbons (Fsp3) is 0.700. The van der Waals surface area contributed by atoms with Crippen LogP contribution in [0.25, 0.3) is 0 Å². The van der Waals surface area contributed by atoms with Gasteiger partial charge in [0.2, 0.25) is 5.95 Å². The third-order valence-corrected chi connectivity index (χ3v) is 2.31. The van der Waals surface area contributed by atoms with E-state index >= 15 is 0 Å². The second kappa shape index (κ2) is 5.48. The Bertz CT molecular complexity index is 416. The SMILES string of the molecule is CCCCCn1c(=O)nc(N(C)C)[nH]c1=O. The molecular weight excluding hydrogens is 208 g/mol. The number of hydrogen-bond donors (Lipinski definition) is 1. The molecule has 0 saturated carbocycles. The van der Waals surface area contributed by atoms with Crippen LogP contribution in [-0.2, 0) is 6.54 Å². The molecule has 0 bridgehead atoms. The van der Waals surface area contributed by atoms with Gasteiger partial charge in [-0.1, -0.05) is 19.8 Å². The molecule has 1 heterocycles. The van der Waals surface area contributed by atoms with Crippen LogP contribution in [-0.4, -0.2) is 28.6 Å². The number of aromatic amines is 1. The first-order chi connectivity index (χ1) is 7.56. The van der Waals surface area contributed by atoms with Gasteiger partial charge in [-0.2, -0.15) is 4.98 Å². The number of hydrogen-bond acceptors (Lipinski definition) is 4. The van der Waals surface area contributed by atoms with E-state index in [0.29, 0.717) is 12.5 Å². The summed E-state index contributed by atoms with van der Waals surface area (Å²) < 4.78 is 1.14. The van der Waals surface area contributed by atoms with Crippen molar-refractivity contribution in [1.82, 2.24) is 14.5 Å². The monoisotopic (exact) mass is 226 g/mol. The molecule has 0 aromatic carbocycles. The van der Waals surface area contributed by atoms with Gasteiger partial charge in [-0.05, 0) is 6.42 Å². The van der Waals surface area contributed by atoms with Gasteiger partial charge in [0.1, 0.15) is 0 Å². The number of nitrogens with zero attached hydrogens (tertiary/aromatic N) is 3. The van der Waals surface area contributed by atoms with Crippen molar-refractivity contribution in [1.29, 1.82) is 0 Å². The predicted octanol–water partition coefficient (Wildman–Crippen LogP) is 0.188. The van der Waals surface area contributed by atoms with E-state index in [4.69, 9.17) is 0 Å². The van der Waals surface area contributed by atoms with Crippen LogP contribution in [0.5, 0.6) is 0 Å². The molecule has 16 heavy (non-hydrogen) atoms. The van der Waals surface area contributed by atoms with E-state index in [2.05, 4.69) is 16.9 Å². The molecule has 6 nitrogen and oxygen atoms in total. The number of anilines is 1. The van der Waals surface area contributed by atoms with E-state index in [1.807, 2.05) is 0 Å². The molecule has 0 radical (unpaired) electrons. The minimum absolute atomic E-state index is 0.293. The van der Waals surface area contributed by atoms with Gasteiger partial charge >= 0.3 is 11.4 Å². The summed E-state index contributed by atoms with van der Waals surface area (Å²) in [6, 6.07) is 0. The minimum atomic E-state index is -0.483. The molecule has 1 N–H and O–H groups in total. The smallest absolute Gasteiger partial charge is 0.348 e. The molecular formula is C10H18N4O2. The maximum absolute atomic E-state index is 11.6. The Balaban J connectivity index is 2.95. The number of nitrogens with one attached hydrogen (secondary N) is 1. The molecule has 0 aliphatic heterocycles. The zero-order chi connectivity index (χ0) is 12.1. The van der Waals surface area contributed by atoms with Gasteiger partial charge in [-0.3, -0.25) is 4.98 Å². The highest BCUT2D eigenvalue weighted by molar-refractivity contribution is 5.23. The van der Waals surface area contributed by atoms with E-state index in [1.54, 1.807) is 19.0 Å². The Kier molecular flexibility index (Phi) is 4.28. The second-order valence-corrected chi connectivity index (χ2v) is 3.90. The highest BCUT2D eigenvalue weighted by atomic mass is 16.2. The molecule has 0 fully saturated rings. The zero-order valence-electron chi connectivity index (χ0n) is 9.99. The normalized spacial score (nSPS) is 10.4. The first-order valence-electron chi connectivity index (χ1n) is 5.44. The van der Waals surface area contributed by atoms with Crippen LogP contribution in [0, 0.1) is 0 Å². The van der Waals surface area contributed by atoms with E-state index in [0.717, 1.165) is 23.8 Å². The maximum Gasteiger partial charge on any atom is 0.354 e. The molecule has 0 aliphatic carbocycles. The topological polar surface area (TPSA) is 71.0 Å². The van der Waals surface area contributed by atoms with Gasteiger partial charge in [0.25, 0.3) is 0 Å². The molecule has 1 aromatic heterocycles. The minimum Gasteiger partial charge on any atom is -0.348 e. The molecule has 0 amide bonds. The van der Waals surface area contributed by atoms with Crippen LogP contribution in [0.2, 0.25) is 0 Å². The number of unbranched alkanes of at least 4 members (excludes halogenated alkanes) is 2. The van der Waals surface area contributed by atoms with Crippen LogP contribution in [0.1, 0.15) is 26.2 Å². The average Bonchev–Trinajstić information content (AvgIpc) is 2.21. The molecule has 1 rings (SSSR count). The number of rotatable bonds is 5. The van der Waals surface area contributed by atoms with E-state index in [1.165, 1.54) is 0 Å². The summed E-state index contributed by atoms with van der Waals surface area (Å²) in [5.41, 5.74) is -0.872. The third kappa shape index (κ3) is 2.95. The molecule has 6 heteroatoms. The molecule has 90 valence electrons. The summed E-state index contributed by atoms with van der Waals surface area (Å²) in [6.07, 6.45) is 2.87. The van der Waals surface area contributed by atoms with Crippen molar-refractivity contribution < 1.29 is 0 Å². The van der Waals surface area contributed by atoms with Gasteiger partial charge in [-0.25, -0.2) is 14.2 Å². The van der Waals surface area contributed by atoms with Crippen molar-refractivity contribution in [3.63, 3.8) is 0 Å². The quantitative estimate of drug-likeness (QED) is 0.727. The van der Waals surface area contributed by atoms with Crippen LogP contribution < -0.4 is 16.3 Å². The van der Waals surface area contributed by atoms with E-state index < -0.39 is 5.69 Å². The Labute approximate surface area is 93.9 Å². The largest absolute Gasteiger partial charge is 0.354 e. The first-order valence-corrected chi connectivity index (χ1v) is 5.44. The van der Waals surface area contributed by atoms with E-state index in [9.17, 15) is 9.59 Å². The Morgan fingerprint density at radius 3 is 2.50 bits per heavy atom. The lowest BCUT2D eigenvalue weighted by Gasteiger charge is -2.10. The lowest BCUT2D eigenvalue weighted by Crippen LogP contribution is -2.38. The third-order valence-electron chi connectivity index (χ3n) is 2.31. The predicted molar refractivity (Wildman–Crippen MR) is 63.0 cm³/mol.